The quantitative estimate of drug-likeness (QED) is 0.658. The van der Waals surface area contributed by atoms with Gasteiger partial charge in [-0.3, -0.25) is 0 Å². The van der Waals surface area contributed by atoms with E-state index in [-0.39, 0.29) is 0 Å². The zero-order valence-corrected chi connectivity index (χ0v) is 6.97. The Labute approximate surface area is 76.0 Å². The summed E-state index contributed by atoms with van der Waals surface area (Å²) in [5, 5.41) is 8.90. The van der Waals surface area contributed by atoms with Gasteiger partial charge < -0.3 is 10.0 Å². The third-order valence-corrected chi connectivity index (χ3v) is 2.05. The summed E-state index contributed by atoms with van der Waals surface area (Å²) in [6.45, 7) is 0. The van der Waals surface area contributed by atoms with E-state index in [1.165, 1.54) is 0 Å². The second-order valence-corrected chi connectivity index (χ2v) is 2.87. The molecule has 0 aromatic rings. The molecule has 1 N–H and O–H groups in total. The van der Waals surface area contributed by atoms with Crippen LogP contribution < -0.4 is 0 Å². The fourth-order valence-electron chi connectivity index (χ4n) is 1.43. The molecule has 0 spiro atoms. The van der Waals surface area contributed by atoms with Crippen molar-refractivity contribution < 1.29 is 9.90 Å². The molecular weight excluding hydrogens is 166 g/mol. The van der Waals surface area contributed by atoms with E-state index in [1.807, 2.05) is 41.6 Å². The van der Waals surface area contributed by atoms with Gasteiger partial charge in [0.25, 0.3) is 0 Å². The molecule has 3 heteroatoms. The van der Waals surface area contributed by atoms with Crippen LogP contribution in [0.5, 0.6) is 0 Å². The first-order chi connectivity index (χ1) is 6.29. The molecule has 0 aliphatic carbocycles. The van der Waals surface area contributed by atoms with Crippen LogP contribution in [0.1, 0.15) is 6.42 Å². The second-order valence-electron chi connectivity index (χ2n) is 2.87. The van der Waals surface area contributed by atoms with E-state index in [2.05, 4.69) is 0 Å². The van der Waals surface area contributed by atoms with Crippen LogP contribution in [0.15, 0.2) is 48.0 Å². The minimum absolute atomic E-state index is 0.447. The van der Waals surface area contributed by atoms with Gasteiger partial charge in [-0.25, -0.2) is 4.79 Å². The molecule has 2 heterocycles. The van der Waals surface area contributed by atoms with Gasteiger partial charge in [-0.1, -0.05) is 12.2 Å². The second kappa shape index (κ2) is 2.94. The predicted molar refractivity (Wildman–Crippen MR) is 48.5 cm³/mol. The molecular formula is C10H9NO2. The van der Waals surface area contributed by atoms with Crippen LogP contribution in [0.4, 0.5) is 0 Å². The normalized spacial score (nSPS) is 19.2. The van der Waals surface area contributed by atoms with Crippen LogP contribution in [-0.4, -0.2) is 16.0 Å². The first kappa shape index (κ1) is 7.86. The SMILES string of the molecule is O=C(O)C1=C2C=CC=CN2C=CC1. The Morgan fingerprint density at radius 2 is 2.23 bits per heavy atom. The molecule has 3 nitrogen and oxygen atoms in total. The zero-order chi connectivity index (χ0) is 9.26. The van der Waals surface area contributed by atoms with E-state index in [0.29, 0.717) is 12.0 Å². The number of nitrogens with zero attached hydrogens (tertiary/aromatic N) is 1. The maximum Gasteiger partial charge on any atom is 0.334 e. The Hall–Kier alpha value is -1.77. The Kier molecular flexibility index (Phi) is 1.77. The van der Waals surface area contributed by atoms with E-state index in [1.54, 1.807) is 0 Å². The molecule has 0 bridgehead atoms. The summed E-state index contributed by atoms with van der Waals surface area (Å²) in [4.78, 5) is 12.6. The Balaban J connectivity index is 2.44. The Morgan fingerprint density at radius 1 is 1.38 bits per heavy atom. The van der Waals surface area contributed by atoms with Crippen LogP contribution >= 0.6 is 0 Å². The minimum atomic E-state index is -0.843. The molecule has 2 aliphatic heterocycles. The van der Waals surface area contributed by atoms with Gasteiger partial charge >= 0.3 is 5.97 Å². The van der Waals surface area contributed by atoms with Crippen molar-refractivity contribution in [2.45, 2.75) is 6.42 Å². The van der Waals surface area contributed by atoms with Crippen LogP contribution in [0.3, 0.4) is 0 Å². The van der Waals surface area contributed by atoms with Crippen LogP contribution in [0, 0.1) is 0 Å². The van der Waals surface area contributed by atoms with Crippen LogP contribution in [-0.2, 0) is 4.79 Å². The van der Waals surface area contributed by atoms with Crippen molar-refractivity contribution in [3.8, 4) is 0 Å². The summed E-state index contributed by atoms with van der Waals surface area (Å²) < 4.78 is 0. The molecule has 0 atom stereocenters. The lowest BCUT2D eigenvalue weighted by atomic mass is 10.1. The van der Waals surface area contributed by atoms with Crippen molar-refractivity contribution in [1.29, 1.82) is 0 Å². The number of hydrogen-bond donors (Lipinski definition) is 1. The summed E-state index contributed by atoms with van der Waals surface area (Å²) in [6, 6.07) is 0. The smallest absolute Gasteiger partial charge is 0.334 e. The molecule has 2 aliphatic rings. The standard InChI is InChI=1S/C10H9NO2/c12-10(13)8-4-3-7-11-6-2-1-5-9(8)11/h1-3,5-7H,4H2,(H,12,13). The molecule has 0 aromatic heterocycles. The summed E-state index contributed by atoms with van der Waals surface area (Å²) in [6.07, 6.45) is 11.6. The van der Waals surface area contributed by atoms with Crippen molar-refractivity contribution >= 4 is 5.97 Å². The van der Waals surface area contributed by atoms with Crippen molar-refractivity contribution in [2.24, 2.45) is 0 Å². The Morgan fingerprint density at radius 3 is 3.00 bits per heavy atom. The van der Waals surface area contributed by atoms with Gasteiger partial charge in [-0.15, -0.1) is 0 Å². The van der Waals surface area contributed by atoms with E-state index < -0.39 is 5.97 Å². The molecule has 0 saturated heterocycles. The molecule has 0 aromatic carbocycles. The van der Waals surface area contributed by atoms with Crippen molar-refractivity contribution in [2.75, 3.05) is 0 Å². The van der Waals surface area contributed by atoms with Gasteiger partial charge in [-0.05, 0) is 12.2 Å². The Bertz CT molecular complexity index is 361. The number of aliphatic carboxylic acids is 1. The lowest BCUT2D eigenvalue weighted by Gasteiger charge is -2.24. The average Bonchev–Trinajstić information content (AvgIpc) is 2.17. The molecule has 0 fully saturated rings. The number of carbonyl (C=O) groups is 1. The molecule has 66 valence electrons. The highest BCUT2D eigenvalue weighted by Gasteiger charge is 2.18. The van der Waals surface area contributed by atoms with E-state index in [9.17, 15) is 4.79 Å². The predicted octanol–water partition coefficient (Wildman–Crippen LogP) is 1.63. The maximum absolute atomic E-state index is 10.8. The van der Waals surface area contributed by atoms with Gasteiger partial charge in [0.05, 0.1) is 11.3 Å². The highest BCUT2D eigenvalue weighted by molar-refractivity contribution is 5.88. The number of rotatable bonds is 1. The number of fused-ring (bicyclic) bond motifs is 1. The minimum Gasteiger partial charge on any atom is -0.478 e. The first-order valence-electron chi connectivity index (χ1n) is 4.05. The molecule has 0 saturated carbocycles. The largest absolute Gasteiger partial charge is 0.478 e. The number of carboxylic acid groups (broad SMARTS) is 1. The fraction of sp³-hybridized carbons (Fsp3) is 0.100. The third-order valence-electron chi connectivity index (χ3n) is 2.05. The van der Waals surface area contributed by atoms with Crippen molar-refractivity contribution in [3.05, 3.63) is 48.0 Å². The lowest BCUT2D eigenvalue weighted by molar-refractivity contribution is -0.132. The van der Waals surface area contributed by atoms with Crippen molar-refractivity contribution in [3.63, 3.8) is 0 Å². The molecule has 2 rings (SSSR count). The van der Waals surface area contributed by atoms with Crippen molar-refractivity contribution in [1.82, 2.24) is 4.90 Å². The average molecular weight is 175 g/mol. The summed E-state index contributed by atoms with van der Waals surface area (Å²) in [7, 11) is 0. The van der Waals surface area contributed by atoms with Gasteiger partial charge in [0.1, 0.15) is 0 Å². The van der Waals surface area contributed by atoms with E-state index in [4.69, 9.17) is 5.11 Å². The molecule has 13 heavy (non-hydrogen) atoms. The number of allylic oxidation sites excluding steroid dienone is 4. The van der Waals surface area contributed by atoms with Crippen LogP contribution in [0.25, 0.3) is 0 Å². The summed E-state index contributed by atoms with van der Waals surface area (Å²) in [5.41, 5.74) is 1.21. The summed E-state index contributed by atoms with van der Waals surface area (Å²) >= 11 is 0. The summed E-state index contributed by atoms with van der Waals surface area (Å²) in [5.74, 6) is -0.843. The topological polar surface area (TPSA) is 40.5 Å². The third kappa shape index (κ3) is 1.28. The first-order valence-corrected chi connectivity index (χ1v) is 4.05. The molecule has 0 amide bonds. The van der Waals surface area contributed by atoms with Crippen LogP contribution in [0.2, 0.25) is 0 Å². The van der Waals surface area contributed by atoms with E-state index >= 15 is 0 Å². The molecule has 0 radical (unpaired) electrons. The molecule has 0 unspecified atom stereocenters. The maximum atomic E-state index is 10.8. The highest BCUT2D eigenvalue weighted by Crippen LogP contribution is 2.24. The number of carboxylic acids is 1. The van der Waals surface area contributed by atoms with Gasteiger partial charge in [0.15, 0.2) is 0 Å². The van der Waals surface area contributed by atoms with E-state index in [0.717, 1.165) is 5.70 Å². The fourth-order valence-corrected chi connectivity index (χ4v) is 1.43. The van der Waals surface area contributed by atoms with Gasteiger partial charge in [-0.2, -0.15) is 0 Å². The van der Waals surface area contributed by atoms with Gasteiger partial charge in [0, 0.05) is 18.8 Å². The monoisotopic (exact) mass is 175 g/mol. The zero-order valence-electron chi connectivity index (χ0n) is 6.97. The highest BCUT2D eigenvalue weighted by atomic mass is 16.4. The lowest BCUT2D eigenvalue weighted by Crippen LogP contribution is -2.18. The number of hydrogen-bond acceptors (Lipinski definition) is 2. The van der Waals surface area contributed by atoms with Gasteiger partial charge in [0.2, 0.25) is 0 Å².